The highest BCUT2D eigenvalue weighted by Gasteiger charge is 2.28. The number of aryl methyl sites for hydroxylation is 2. The third-order valence-corrected chi connectivity index (χ3v) is 9.05. The Labute approximate surface area is 252 Å². The molecule has 10 nitrogen and oxygen atoms in total. The van der Waals surface area contributed by atoms with Crippen LogP contribution in [0.1, 0.15) is 123 Å². The standard InChI is InChI=1S/C27H45ClN6O4S.C2H6/c1-21(2)39(36,37)26-24-25(31-27(28)32-26)30-22(3)34(24)19-17-15-13-11-9-7-5-6-8-10-12-14-16-18-23(33-29-4)38-20-35;1-2/h20-21,29H,5-19H2,1-4H3;1-2H3/b33-23-;. The van der Waals surface area contributed by atoms with Crippen LogP contribution in [0, 0.1) is 6.92 Å². The number of hydrogen-bond acceptors (Lipinski definition) is 9. The van der Waals surface area contributed by atoms with E-state index in [1.807, 2.05) is 25.3 Å². The minimum atomic E-state index is -3.62. The molecule has 2 aromatic rings. The second kappa shape index (κ2) is 20.6. The fraction of sp³-hybridized carbons (Fsp3) is 0.759. The van der Waals surface area contributed by atoms with Gasteiger partial charge in [0.05, 0.1) is 5.25 Å². The summed E-state index contributed by atoms with van der Waals surface area (Å²) in [5, 5.41) is 3.21. The van der Waals surface area contributed by atoms with Gasteiger partial charge in [0.25, 0.3) is 6.47 Å². The first-order valence-corrected chi connectivity index (χ1v) is 17.1. The zero-order valence-electron chi connectivity index (χ0n) is 25.9. The number of hydrogen-bond donors (Lipinski definition) is 1. The highest BCUT2D eigenvalue weighted by molar-refractivity contribution is 7.92. The number of halogens is 1. The number of sulfone groups is 1. The van der Waals surface area contributed by atoms with Gasteiger partial charge in [-0.15, -0.1) is 5.10 Å². The molecular weight excluding hydrogens is 564 g/mol. The summed E-state index contributed by atoms with van der Waals surface area (Å²) in [6.07, 6.45) is 16.0. The summed E-state index contributed by atoms with van der Waals surface area (Å²) in [5.41, 5.74) is 3.45. The minimum Gasteiger partial charge on any atom is -0.412 e. The summed E-state index contributed by atoms with van der Waals surface area (Å²) in [5.74, 6) is 1.17. The van der Waals surface area contributed by atoms with E-state index < -0.39 is 15.1 Å². The van der Waals surface area contributed by atoms with Crippen LogP contribution < -0.4 is 5.43 Å². The SMILES string of the molecule is CC.CN/N=C(/CCCCCCCCCCCCCCCn1c(C)nc2nc(Cl)nc(S(=O)(=O)C(C)C)c21)OC=O. The van der Waals surface area contributed by atoms with Gasteiger partial charge in [-0.25, -0.2) is 18.4 Å². The molecule has 0 radical (unpaired) electrons. The molecule has 1 N–H and O–H groups in total. The van der Waals surface area contributed by atoms with Gasteiger partial charge in [0.2, 0.25) is 11.2 Å². The van der Waals surface area contributed by atoms with Crippen molar-refractivity contribution in [2.24, 2.45) is 5.10 Å². The smallest absolute Gasteiger partial charge is 0.299 e. The summed E-state index contributed by atoms with van der Waals surface area (Å²) in [7, 11) is -1.93. The third-order valence-electron chi connectivity index (χ3n) is 6.82. The molecule has 0 aliphatic heterocycles. The normalized spacial score (nSPS) is 12.0. The second-order valence-corrected chi connectivity index (χ2v) is 12.9. The molecule has 2 aromatic heterocycles. The number of rotatable bonds is 20. The fourth-order valence-corrected chi connectivity index (χ4v) is 5.94. The topological polar surface area (TPSA) is 128 Å². The number of imidazole rings is 1. The van der Waals surface area contributed by atoms with Gasteiger partial charge < -0.3 is 14.7 Å². The maximum Gasteiger partial charge on any atom is 0.299 e. The van der Waals surface area contributed by atoms with Crippen molar-refractivity contribution in [2.75, 3.05) is 7.05 Å². The van der Waals surface area contributed by atoms with E-state index in [1.165, 1.54) is 51.4 Å². The molecule has 0 amide bonds. The summed E-state index contributed by atoms with van der Waals surface area (Å²) in [4.78, 5) is 23.1. The Balaban J connectivity index is 0.00000411. The molecule has 234 valence electrons. The predicted octanol–water partition coefficient (Wildman–Crippen LogP) is 7.16. The van der Waals surface area contributed by atoms with Crippen molar-refractivity contribution in [2.45, 2.75) is 141 Å². The molecule has 0 saturated carbocycles. The maximum atomic E-state index is 12.9. The van der Waals surface area contributed by atoms with Crippen molar-refractivity contribution in [1.29, 1.82) is 0 Å². The summed E-state index contributed by atoms with van der Waals surface area (Å²) in [6.45, 7) is 10.2. The molecule has 2 rings (SSSR count). The van der Waals surface area contributed by atoms with Crippen LogP contribution in [0.3, 0.4) is 0 Å². The molecule has 0 bridgehead atoms. The Bertz CT molecular complexity index is 1170. The fourth-order valence-electron chi connectivity index (χ4n) is 4.59. The molecule has 0 aliphatic carbocycles. The van der Waals surface area contributed by atoms with Crippen LogP contribution in [0.2, 0.25) is 5.28 Å². The number of carbonyl (C=O) groups is 1. The van der Waals surface area contributed by atoms with E-state index in [-0.39, 0.29) is 10.3 Å². The van der Waals surface area contributed by atoms with Crippen molar-refractivity contribution in [3.63, 3.8) is 0 Å². The number of hydrazone groups is 1. The van der Waals surface area contributed by atoms with E-state index in [1.54, 1.807) is 20.9 Å². The Morgan fingerprint density at radius 3 is 1.93 bits per heavy atom. The van der Waals surface area contributed by atoms with E-state index in [9.17, 15) is 13.2 Å². The molecule has 2 heterocycles. The summed E-state index contributed by atoms with van der Waals surface area (Å²) >= 11 is 6.01. The Kier molecular flexibility index (Phi) is 18.5. The maximum absolute atomic E-state index is 12.9. The molecule has 12 heteroatoms. The lowest BCUT2D eigenvalue weighted by Crippen LogP contribution is -2.18. The lowest BCUT2D eigenvalue weighted by Gasteiger charge is -2.12. The monoisotopic (exact) mass is 614 g/mol. The number of fused-ring (bicyclic) bond motifs is 1. The van der Waals surface area contributed by atoms with Crippen LogP contribution in [-0.4, -0.2) is 52.6 Å². The van der Waals surface area contributed by atoms with Crippen molar-refractivity contribution < 1.29 is 17.9 Å². The van der Waals surface area contributed by atoms with E-state index in [0.29, 0.717) is 36.5 Å². The lowest BCUT2D eigenvalue weighted by atomic mass is 10.0. The van der Waals surface area contributed by atoms with E-state index in [2.05, 4.69) is 25.5 Å². The largest absolute Gasteiger partial charge is 0.412 e. The third kappa shape index (κ3) is 12.6. The molecule has 0 aromatic carbocycles. The number of nitrogens with one attached hydrogen (secondary N) is 1. The van der Waals surface area contributed by atoms with Crippen LogP contribution in [0.5, 0.6) is 0 Å². The van der Waals surface area contributed by atoms with Gasteiger partial charge in [0.1, 0.15) is 11.3 Å². The van der Waals surface area contributed by atoms with Gasteiger partial charge in [0.15, 0.2) is 20.5 Å². The summed E-state index contributed by atoms with van der Waals surface area (Å²) in [6, 6.07) is 0. The van der Waals surface area contributed by atoms with Crippen molar-refractivity contribution in [3.8, 4) is 0 Å². The van der Waals surface area contributed by atoms with Gasteiger partial charge in [-0.2, -0.15) is 4.98 Å². The number of unbranched alkanes of at least 4 members (excludes halogenated alkanes) is 12. The van der Waals surface area contributed by atoms with E-state index in [4.69, 9.17) is 16.3 Å². The number of aromatic nitrogens is 4. The van der Waals surface area contributed by atoms with Crippen molar-refractivity contribution in [1.82, 2.24) is 24.9 Å². The van der Waals surface area contributed by atoms with Crippen LogP contribution in [0.25, 0.3) is 11.2 Å². The molecule has 0 fully saturated rings. The number of carbonyl (C=O) groups excluding carboxylic acids is 1. The molecule has 0 unspecified atom stereocenters. The molecule has 0 spiro atoms. The highest BCUT2D eigenvalue weighted by atomic mass is 35.5. The van der Waals surface area contributed by atoms with Crippen LogP contribution in [0.4, 0.5) is 0 Å². The van der Waals surface area contributed by atoms with Gasteiger partial charge in [-0.05, 0) is 45.2 Å². The Hall–Kier alpha value is -2.27. The first kappa shape index (κ1) is 36.8. The van der Waals surface area contributed by atoms with Gasteiger partial charge in [0, 0.05) is 20.0 Å². The van der Waals surface area contributed by atoms with Gasteiger partial charge in [-0.1, -0.05) is 84.5 Å². The van der Waals surface area contributed by atoms with E-state index in [0.717, 1.165) is 37.9 Å². The first-order valence-electron chi connectivity index (χ1n) is 15.2. The quantitative estimate of drug-likeness (QED) is 0.0316. The zero-order valence-corrected chi connectivity index (χ0v) is 27.5. The van der Waals surface area contributed by atoms with Crippen molar-refractivity contribution >= 4 is 45.0 Å². The lowest BCUT2D eigenvalue weighted by molar-refractivity contribution is -0.121. The predicted molar refractivity (Wildman–Crippen MR) is 167 cm³/mol. The Morgan fingerprint density at radius 1 is 0.927 bits per heavy atom. The molecular formula is C29H51ClN6O4S. The van der Waals surface area contributed by atoms with E-state index >= 15 is 0 Å². The number of nitrogens with zero attached hydrogens (tertiary/aromatic N) is 5. The Morgan fingerprint density at radius 2 is 1.44 bits per heavy atom. The molecule has 41 heavy (non-hydrogen) atoms. The molecule has 0 saturated heterocycles. The number of ether oxygens (including phenoxy) is 1. The zero-order chi connectivity index (χ0) is 30.7. The van der Waals surface area contributed by atoms with Crippen LogP contribution >= 0.6 is 11.6 Å². The summed E-state index contributed by atoms with van der Waals surface area (Å²) < 4.78 is 32.6. The van der Waals surface area contributed by atoms with Gasteiger partial charge >= 0.3 is 0 Å². The minimum absolute atomic E-state index is 0.0228. The van der Waals surface area contributed by atoms with Crippen molar-refractivity contribution in [3.05, 3.63) is 11.1 Å². The average molecular weight is 615 g/mol. The average Bonchev–Trinajstić information content (AvgIpc) is 3.25. The van der Waals surface area contributed by atoms with Gasteiger partial charge in [-0.3, -0.25) is 4.79 Å². The van der Waals surface area contributed by atoms with Crippen LogP contribution in [0.15, 0.2) is 10.1 Å². The second-order valence-electron chi connectivity index (χ2n) is 10.2. The molecule has 0 aliphatic rings. The highest BCUT2D eigenvalue weighted by Crippen LogP contribution is 2.26. The molecule has 0 atom stereocenters. The first-order chi connectivity index (χ1) is 19.7. The van der Waals surface area contributed by atoms with Crippen LogP contribution in [-0.2, 0) is 25.9 Å².